The number of halogens is 1. The molecule has 4 bridgehead atoms. The second-order valence-corrected chi connectivity index (χ2v) is 10.1. The smallest absolute Gasteiger partial charge is 0.242 e. The molecule has 160 valence electrons. The van der Waals surface area contributed by atoms with Crippen LogP contribution in [-0.4, -0.2) is 48.7 Å². The van der Waals surface area contributed by atoms with Crippen molar-refractivity contribution in [3.63, 3.8) is 0 Å². The van der Waals surface area contributed by atoms with Gasteiger partial charge < -0.3 is 21.1 Å². The van der Waals surface area contributed by atoms with E-state index in [0.29, 0.717) is 37.4 Å². The molecule has 28 heavy (non-hydrogen) atoms. The summed E-state index contributed by atoms with van der Waals surface area (Å²) in [5, 5.41) is 19.1. The lowest BCUT2D eigenvalue weighted by Crippen LogP contribution is -2.58. The number of rotatable bonds is 6. The van der Waals surface area contributed by atoms with E-state index in [-0.39, 0.29) is 41.5 Å². The maximum absolute atomic E-state index is 13.3. The summed E-state index contributed by atoms with van der Waals surface area (Å²) in [5.74, 6) is 2.20. The lowest BCUT2D eigenvalue weighted by Gasteiger charge is -2.55. The van der Waals surface area contributed by atoms with Crippen LogP contribution in [0.1, 0.15) is 52.4 Å². The summed E-state index contributed by atoms with van der Waals surface area (Å²) in [5.41, 5.74) is -0.228. The highest BCUT2D eigenvalue weighted by molar-refractivity contribution is 5.90. The van der Waals surface area contributed by atoms with Crippen LogP contribution in [-0.2, 0) is 9.59 Å². The largest absolute Gasteiger partial charge is 0.391 e. The van der Waals surface area contributed by atoms with Gasteiger partial charge >= 0.3 is 0 Å². The van der Waals surface area contributed by atoms with Gasteiger partial charge in [0.1, 0.15) is 6.04 Å². The van der Waals surface area contributed by atoms with Crippen molar-refractivity contribution in [1.29, 1.82) is 0 Å². The fraction of sp³-hybridized carbons (Fsp3) is 0.905. The molecule has 1 saturated heterocycles. The molecule has 4 aliphatic carbocycles. The number of hydrogen-bond acceptors (Lipinski definition) is 4. The SMILES string of the molecule is CC(C)C(NC(=O)C12CC3CC(CC(C3)C1)C2)C(=O)NCC1CNCC1O.Cl. The molecule has 5 rings (SSSR count). The fourth-order valence-electron chi connectivity index (χ4n) is 6.49. The Morgan fingerprint density at radius 1 is 1.07 bits per heavy atom. The van der Waals surface area contributed by atoms with E-state index in [9.17, 15) is 14.7 Å². The van der Waals surface area contributed by atoms with Crippen LogP contribution in [0.15, 0.2) is 0 Å². The van der Waals surface area contributed by atoms with Gasteiger partial charge in [-0.05, 0) is 62.2 Å². The number of amides is 2. The van der Waals surface area contributed by atoms with E-state index in [1.807, 2.05) is 13.8 Å². The summed E-state index contributed by atoms with van der Waals surface area (Å²) in [4.78, 5) is 26.1. The van der Waals surface area contributed by atoms with E-state index in [1.165, 1.54) is 19.3 Å². The molecule has 4 saturated carbocycles. The molecule has 2 amide bonds. The maximum atomic E-state index is 13.3. The van der Waals surface area contributed by atoms with Crippen molar-refractivity contribution in [1.82, 2.24) is 16.0 Å². The van der Waals surface area contributed by atoms with Crippen molar-refractivity contribution in [2.24, 2.45) is 35.0 Å². The van der Waals surface area contributed by atoms with Crippen molar-refractivity contribution >= 4 is 24.2 Å². The third-order valence-corrected chi connectivity index (χ3v) is 7.60. The monoisotopic (exact) mass is 413 g/mol. The average molecular weight is 414 g/mol. The molecule has 5 fully saturated rings. The normalized spacial score (nSPS) is 39.5. The van der Waals surface area contributed by atoms with E-state index >= 15 is 0 Å². The molecule has 0 radical (unpaired) electrons. The Hall–Kier alpha value is -0.850. The number of carbonyl (C=O) groups excluding carboxylic acids is 2. The van der Waals surface area contributed by atoms with E-state index in [0.717, 1.165) is 19.3 Å². The van der Waals surface area contributed by atoms with Crippen molar-refractivity contribution in [2.75, 3.05) is 19.6 Å². The van der Waals surface area contributed by atoms with Crippen LogP contribution >= 0.6 is 12.4 Å². The second kappa shape index (κ2) is 8.49. The van der Waals surface area contributed by atoms with Gasteiger partial charge in [0.2, 0.25) is 11.8 Å². The minimum absolute atomic E-state index is 0. The molecule has 0 spiro atoms. The predicted molar refractivity (Wildman–Crippen MR) is 110 cm³/mol. The van der Waals surface area contributed by atoms with Gasteiger partial charge in [0.25, 0.3) is 0 Å². The highest BCUT2D eigenvalue weighted by atomic mass is 35.5. The van der Waals surface area contributed by atoms with Crippen LogP contribution in [0.4, 0.5) is 0 Å². The van der Waals surface area contributed by atoms with Crippen molar-refractivity contribution in [3.8, 4) is 0 Å². The summed E-state index contributed by atoms with van der Waals surface area (Å²) in [7, 11) is 0. The molecular weight excluding hydrogens is 378 g/mol. The zero-order valence-corrected chi connectivity index (χ0v) is 17.9. The predicted octanol–water partition coefficient (Wildman–Crippen LogP) is 1.46. The van der Waals surface area contributed by atoms with Crippen molar-refractivity contribution < 1.29 is 14.7 Å². The third-order valence-electron chi connectivity index (χ3n) is 7.60. The standard InChI is InChI=1S/C21H35N3O3.ClH/c1-12(2)18(19(26)23-10-16-9-22-11-17(16)25)24-20(27)21-6-13-3-14(7-21)5-15(4-13)8-21;/h12-18,22,25H,3-11H2,1-2H3,(H,23,26)(H,24,27);1H. The zero-order chi connectivity index (χ0) is 19.2. The van der Waals surface area contributed by atoms with E-state index in [1.54, 1.807) is 0 Å². The third kappa shape index (κ3) is 4.19. The maximum Gasteiger partial charge on any atom is 0.242 e. The minimum Gasteiger partial charge on any atom is -0.391 e. The van der Waals surface area contributed by atoms with Crippen LogP contribution in [0.2, 0.25) is 0 Å². The Kier molecular flexibility index (Phi) is 6.62. The Balaban J connectivity index is 0.00000225. The highest BCUT2D eigenvalue weighted by Gasteiger charge is 2.55. The van der Waals surface area contributed by atoms with Gasteiger partial charge in [-0.25, -0.2) is 0 Å². The summed E-state index contributed by atoms with van der Waals surface area (Å²) >= 11 is 0. The summed E-state index contributed by atoms with van der Waals surface area (Å²) in [6, 6.07) is -0.503. The lowest BCUT2D eigenvalue weighted by molar-refractivity contribution is -0.149. The van der Waals surface area contributed by atoms with E-state index < -0.39 is 12.1 Å². The first-order valence-electron chi connectivity index (χ1n) is 10.8. The number of hydrogen-bond donors (Lipinski definition) is 4. The van der Waals surface area contributed by atoms with E-state index in [4.69, 9.17) is 0 Å². The number of carbonyl (C=O) groups is 2. The van der Waals surface area contributed by atoms with Gasteiger partial charge in [-0.15, -0.1) is 12.4 Å². The molecule has 0 aromatic rings. The molecule has 1 aliphatic heterocycles. The Morgan fingerprint density at radius 2 is 1.64 bits per heavy atom. The average Bonchev–Trinajstić information content (AvgIpc) is 3.00. The molecule has 4 N–H and O–H groups in total. The highest BCUT2D eigenvalue weighted by Crippen LogP contribution is 2.60. The van der Waals surface area contributed by atoms with Crippen LogP contribution in [0.25, 0.3) is 0 Å². The topological polar surface area (TPSA) is 90.5 Å². The van der Waals surface area contributed by atoms with Crippen molar-refractivity contribution in [3.05, 3.63) is 0 Å². The van der Waals surface area contributed by atoms with Gasteiger partial charge in [-0.3, -0.25) is 9.59 Å². The summed E-state index contributed by atoms with van der Waals surface area (Å²) in [6.07, 6.45) is 6.53. The number of aliphatic hydroxyl groups is 1. The summed E-state index contributed by atoms with van der Waals surface area (Å²) in [6.45, 7) is 5.71. The molecule has 0 aromatic carbocycles. The Morgan fingerprint density at radius 3 is 2.11 bits per heavy atom. The van der Waals surface area contributed by atoms with Gasteiger partial charge in [-0.2, -0.15) is 0 Å². The molecule has 3 unspecified atom stereocenters. The van der Waals surface area contributed by atoms with Gasteiger partial charge in [-0.1, -0.05) is 13.8 Å². The molecule has 5 aliphatic rings. The Bertz CT molecular complexity index is 562. The second-order valence-electron chi connectivity index (χ2n) is 10.1. The van der Waals surface area contributed by atoms with Crippen LogP contribution < -0.4 is 16.0 Å². The molecule has 3 atom stereocenters. The fourth-order valence-corrected chi connectivity index (χ4v) is 6.49. The molecular formula is C21H36ClN3O3. The van der Waals surface area contributed by atoms with Crippen LogP contribution in [0, 0.1) is 35.0 Å². The van der Waals surface area contributed by atoms with Gasteiger partial charge in [0, 0.05) is 31.0 Å². The molecule has 0 aromatic heterocycles. The van der Waals surface area contributed by atoms with Gasteiger partial charge in [0.05, 0.1) is 6.10 Å². The lowest BCUT2D eigenvalue weighted by atomic mass is 9.49. The number of β-amino-alcohol motifs (C(OH)–C–C–N with tert-alkyl or cyclic N) is 1. The number of aliphatic hydroxyl groups excluding tert-OH is 1. The quantitative estimate of drug-likeness (QED) is 0.530. The van der Waals surface area contributed by atoms with Crippen LogP contribution in [0.5, 0.6) is 0 Å². The molecule has 7 heteroatoms. The first kappa shape index (κ1) is 21.8. The minimum atomic E-state index is -0.503. The van der Waals surface area contributed by atoms with Gasteiger partial charge in [0.15, 0.2) is 0 Å². The van der Waals surface area contributed by atoms with Crippen molar-refractivity contribution in [2.45, 2.75) is 64.5 Å². The first-order valence-corrected chi connectivity index (χ1v) is 10.8. The number of nitrogens with one attached hydrogen (secondary N) is 3. The molecule has 1 heterocycles. The van der Waals surface area contributed by atoms with Crippen LogP contribution in [0.3, 0.4) is 0 Å². The molecule has 6 nitrogen and oxygen atoms in total. The van der Waals surface area contributed by atoms with E-state index in [2.05, 4.69) is 16.0 Å². The first-order chi connectivity index (χ1) is 12.9. The Labute approximate surface area is 174 Å². The summed E-state index contributed by atoms with van der Waals surface area (Å²) < 4.78 is 0. The zero-order valence-electron chi connectivity index (χ0n) is 17.1.